The van der Waals surface area contributed by atoms with E-state index in [2.05, 4.69) is 22.2 Å². The van der Waals surface area contributed by atoms with Gasteiger partial charge in [-0.25, -0.2) is 9.97 Å². The number of nitrogens with zero attached hydrogens (tertiary/aromatic N) is 2. The maximum Gasteiger partial charge on any atom is 0.322 e. The van der Waals surface area contributed by atoms with Gasteiger partial charge in [0.15, 0.2) is 5.05 Å². The number of hydrogen-bond donors (Lipinski definition) is 0. The first-order chi connectivity index (χ1) is 4.79. The molecule has 10 heavy (non-hydrogen) atoms. The highest BCUT2D eigenvalue weighted by molar-refractivity contribution is 7.80. The molecule has 0 aromatic carbocycles. The Hall–Kier alpha value is -1.03. The Morgan fingerprint density at radius 3 is 2.60 bits per heavy atom. The summed E-state index contributed by atoms with van der Waals surface area (Å²) in [5, 5.41) is 0.422. The Balaban J connectivity index is 2.67. The predicted octanol–water partition coefficient (Wildman–Crippen LogP) is 1.20. The molecule has 0 N–H and O–H groups in total. The Bertz CT molecular complexity index is 224. The Kier molecular flexibility index (Phi) is 2.28. The molecule has 0 aliphatic rings. The van der Waals surface area contributed by atoms with Crippen molar-refractivity contribution in [2.45, 2.75) is 6.92 Å². The van der Waals surface area contributed by atoms with Crippen molar-refractivity contribution in [2.75, 3.05) is 0 Å². The first-order valence-corrected chi connectivity index (χ1v) is 3.15. The second-order valence-corrected chi connectivity index (χ2v) is 2.20. The number of aromatic nitrogens is 2. The summed E-state index contributed by atoms with van der Waals surface area (Å²) < 4.78 is 4.92. The van der Waals surface area contributed by atoms with Gasteiger partial charge in [-0.2, -0.15) is 0 Å². The van der Waals surface area contributed by atoms with Crippen LogP contribution < -0.4 is 4.74 Å². The molecule has 0 atom stereocenters. The first kappa shape index (κ1) is 7.08. The molecule has 0 saturated heterocycles. The zero-order valence-electron chi connectivity index (χ0n) is 5.44. The van der Waals surface area contributed by atoms with Crippen molar-refractivity contribution < 1.29 is 4.74 Å². The quantitative estimate of drug-likeness (QED) is 0.569. The van der Waals surface area contributed by atoms with E-state index in [1.165, 1.54) is 0 Å². The molecule has 1 aromatic rings. The summed E-state index contributed by atoms with van der Waals surface area (Å²) in [6.45, 7) is 1.67. The van der Waals surface area contributed by atoms with Crippen LogP contribution in [-0.2, 0) is 0 Å². The highest BCUT2D eigenvalue weighted by atomic mass is 32.1. The van der Waals surface area contributed by atoms with Crippen LogP contribution in [-0.4, -0.2) is 15.0 Å². The fourth-order valence-electron chi connectivity index (χ4n) is 0.467. The molecule has 1 aromatic heterocycles. The summed E-state index contributed by atoms with van der Waals surface area (Å²) in [5.74, 6) is 0. The van der Waals surface area contributed by atoms with Gasteiger partial charge < -0.3 is 4.74 Å². The van der Waals surface area contributed by atoms with E-state index in [9.17, 15) is 0 Å². The molecule has 0 aliphatic heterocycles. The zero-order valence-corrected chi connectivity index (χ0v) is 6.26. The van der Waals surface area contributed by atoms with Gasteiger partial charge in [0.25, 0.3) is 0 Å². The molecule has 0 saturated carbocycles. The van der Waals surface area contributed by atoms with Crippen LogP contribution in [0.3, 0.4) is 0 Å². The van der Waals surface area contributed by atoms with E-state index in [0.29, 0.717) is 11.1 Å². The van der Waals surface area contributed by atoms with Crippen LogP contribution in [0.4, 0.5) is 0 Å². The zero-order chi connectivity index (χ0) is 7.40. The molecule has 4 heteroatoms. The van der Waals surface area contributed by atoms with Crippen molar-refractivity contribution >= 4 is 17.3 Å². The molecule has 0 unspecified atom stereocenters. The lowest BCUT2D eigenvalue weighted by molar-refractivity contribution is 0.511. The summed E-state index contributed by atoms with van der Waals surface area (Å²) in [7, 11) is 0. The van der Waals surface area contributed by atoms with Gasteiger partial charge in [0, 0.05) is 19.3 Å². The largest absolute Gasteiger partial charge is 0.417 e. The minimum atomic E-state index is 0.301. The Morgan fingerprint density at radius 2 is 2.10 bits per heavy atom. The van der Waals surface area contributed by atoms with Crippen molar-refractivity contribution in [1.82, 2.24) is 9.97 Å². The molecule has 0 fully saturated rings. The number of hydrogen-bond acceptors (Lipinski definition) is 4. The van der Waals surface area contributed by atoms with E-state index < -0.39 is 0 Å². The molecule has 52 valence electrons. The van der Waals surface area contributed by atoms with Crippen LogP contribution in [0.5, 0.6) is 6.01 Å². The van der Waals surface area contributed by atoms with Crippen molar-refractivity contribution in [3.8, 4) is 6.01 Å². The minimum absolute atomic E-state index is 0.301. The fraction of sp³-hybridized carbons (Fsp3) is 0.167. The third-order valence-electron chi connectivity index (χ3n) is 0.777. The van der Waals surface area contributed by atoms with Gasteiger partial charge >= 0.3 is 6.01 Å². The SMILES string of the molecule is CC(=S)Oc1ncccn1. The van der Waals surface area contributed by atoms with Gasteiger partial charge in [-0.1, -0.05) is 0 Å². The third-order valence-corrected chi connectivity index (χ3v) is 0.860. The molecule has 1 rings (SSSR count). The smallest absolute Gasteiger partial charge is 0.322 e. The minimum Gasteiger partial charge on any atom is -0.417 e. The average molecular weight is 154 g/mol. The normalized spacial score (nSPS) is 8.90. The van der Waals surface area contributed by atoms with E-state index >= 15 is 0 Å². The van der Waals surface area contributed by atoms with E-state index in [1.54, 1.807) is 25.4 Å². The van der Waals surface area contributed by atoms with Crippen LogP contribution in [0.25, 0.3) is 0 Å². The van der Waals surface area contributed by atoms with Crippen molar-refractivity contribution in [2.24, 2.45) is 0 Å². The molecule has 0 spiro atoms. The van der Waals surface area contributed by atoms with Crippen molar-refractivity contribution in [1.29, 1.82) is 0 Å². The van der Waals surface area contributed by atoms with Gasteiger partial charge in [0.2, 0.25) is 0 Å². The Labute approximate surface area is 64.1 Å². The lowest BCUT2D eigenvalue weighted by atomic mass is 10.7. The summed E-state index contributed by atoms with van der Waals surface area (Å²) in [6, 6.07) is 2.01. The molecule has 1 heterocycles. The van der Waals surface area contributed by atoms with E-state index in [0.717, 1.165) is 0 Å². The van der Waals surface area contributed by atoms with Crippen LogP contribution in [0.2, 0.25) is 0 Å². The van der Waals surface area contributed by atoms with Gasteiger partial charge in [-0.15, -0.1) is 0 Å². The van der Waals surface area contributed by atoms with Gasteiger partial charge in [0.05, 0.1) is 0 Å². The Morgan fingerprint density at radius 1 is 1.50 bits per heavy atom. The highest BCUT2D eigenvalue weighted by Crippen LogP contribution is 1.97. The fourth-order valence-corrected chi connectivity index (χ4v) is 0.541. The lowest BCUT2D eigenvalue weighted by Crippen LogP contribution is -2.01. The van der Waals surface area contributed by atoms with E-state index in [-0.39, 0.29) is 0 Å². The summed E-state index contributed by atoms with van der Waals surface area (Å²) in [6.07, 6.45) is 3.20. The van der Waals surface area contributed by atoms with Crippen LogP contribution in [0, 0.1) is 0 Å². The van der Waals surface area contributed by atoms with E-state index in [4.69, 9.17) is 4.74 Å². The highest BCUT2D eigenvalue weighted by Gasteiger charge is 1.93. The van der Waals surface area contributed by atoms with Crippen LogP contribution in [0.1, 0.15) is 6.92 Å². The molecule has 3 nitrogen and oxygen atoms in total. The molecule has 0 amide bonds. The standard InChI is InChI=1S/C6H6N2OS/c1-5(10)9-6-7-3-2-4-8-6/h2-4H,1H3. The molecule has 0 bridgehead atoms. The monoisotopic (exact) mass is 154 g/mol. The van der Waals surface area contributed by atoms with Crippen LogP contribution >= 0.6 is 12.2 Å². The van der Waals surface area contributed by atoms with Crippen molar-refractivity contribution in [3.63, 3.8) is 0 Å². The van der Waals surface area contributed by atoms with Crippen molar-refractivity contribution in [3.05, 3.63) is 18.5 Å². The number of rotatable bonds is 1. The number of ether oxygens (including phenoxy) is 1. The summed E-state index contributed by atoms with van der Waals surface area (Å²) >= 11 is 4.68. The topological polar surface area (TPSA) is 35.0 Å². The summed E-state index contributed by atoms with van der Waals surface area (Å²) in [5.41, 5.74) is 0. The first-order valence-electron chi connectivity index (χ1n) is 2.74. The second-order valence-electron chi connectivity index (χ2n) is 1.63. The maximum atomic E-state index is 4.92. The average Bonchev–Trinajstić information content (AvgIpc) is 1.88. The molecule has 0 aliphatic carbocycles. The molecular weight excluding hydrogens is 148 g/mol. The van der Waals surface area contributed by atoms with Crippen LogP contribution in [0.15, 0.2) is 18.5 Å². The maximum absolute atomic E-state index is 4.92. The second kappa shape index (κ2) is 3.22. The van der Waals surface area contributed by atoms with Gasteiger partial charge in [-0.3, -0.25) is 0 Å². The van der Waals surface area contributed by atoms with Gasteiger partial charge in [0.1, 0.15) is 0 Å². The molecule has 0 radical (unpaired) electrons. The third kappa shape index (κ3) is 2.06. The lowest BCUT2D eigenvalue weighted by Gasteiger charge is -1.96. The van der Waals surface area contributed by atoms with E-state index in [1.807, 2.05) is 0 Å². The molecular formula is C6H6N2OS. The summed E-state index contributed by atoms with van der Waals surface area (Å²) in [4.78, 5) is 7.60. The van der Waals surface area contributed by atoms with Gasteiger partial charge in [-0.05, 0) is 18.3 Å². The number of thiocarbonyl (C=S) groups is 1. The predicted molar refractivity (Wildman–Crippen MR) is 40.9 cm³/mol.